The Morgan fingerprint density at radius 1 is 0.632 bits per heavy atom. The van der Waals surface area contributed by atoms with Crippen molar-refractivity contribution in [1.82, 2.24) is 10.2 Å². The van der Waals surface area contributed by atoms with Gasteiger partial charge in [0.05, 0.1) is 30.4 Å². The number of aliphatic hydroxyl groups is 1. The van der Waals surface area contributed by atoms with E-state index in [0.29, 0.717) is 11.5 Å². The van der Waals surface area contributed by atoms with Crippen LogP contribution in [0.25, 0.3) is 11.1 Å². The molecule has 1 amide bonds. The van der Waals surface area contributed by atoms with Crippen LogP contribution in [0, 0.1) is 0 Å². The zero-order valence-electron chi connectivity index (χ0n) is 45.8. The second-order valence-corrected chi connectivity index (χ2v) is 21.8. The number of rotatable bonds is 13. The van der Waals surface area contributed by atoms with Crippen molar-refractivity contribution in [1.29, 1.82) is 0 Å². The van der Waals surface area contributed by atoms with E-state index in [4.69, 9.17) is 19.2 Å². The summed E-state index contributed by atoms with van der Waals surface area (Å²) < 4.78 is 16.0. The summed E-state index contributed by atoms with van der Waals surface area (Å²) in [5.41, 5.74) is 8.09. The van der Waals surface area contributed by atoms with Crippen molar-refractivity contribution in [3.05, 3.63) is 203 Å². The highest BCUT2D eigenvalue weighted by Crippen LogP contribution is 2.44. The zero-order chi connectivity index (χ0) is 55.0. The summed E-state index contributed by atoms with van der Waals surface area (Å²) in [5, 5.41) is 12.7. The van der Waals surface area contributed by atoms with Gasteiger partial charge in [-0.1, -0.05) is 170 Å². The number of likely N-dealkylation sites (N-methyl/N-ethyl adjacent to an activating group) is 1. The van der Waals surface area contributed by atoms with Crippen LogP contribution in [-0.2, 0) is 30.2 Å². The lowest BCUT2D eigenvalue weighted by molar-refractivity contribution is -0.157. The Balaban J connectivity index is 0.000000187. The standard InChI is InChI=1S/C26H28N2O.C19H28N2O4.C19H19NO2/c1-28-25(27-23(19-29)17-20-11-5-2-6-12-20)18-24(21-13-7-3-8-14-21)26(28)22-15-9-4-10-16-22;1-18(2,3)24-16(22)15(20-7)14(13-11-9-8-10-12-13)21-17(23)25-19(4,5)6;1-19(2,3)22-17(21)12-20-18-15-10-6-4-8-13(15)14-9-5-7-11-16(14)18/h2-16,23-24,26,29H,17-19H2,1H3;8-12,14-15H,7H2,1-6H3,(H,21,23);4-11H,12H2,1-3H3/t23-,24-,26-;;/m0../s1. The fourth-order valence-corrected chi connectivity index (χ4v) is 9.18. The molecule has 1 aliphatic carbocycles. The van der Waals surface area contributed by atoms with Crippen LogP contribution >= 0.6 is 0 Å². The van der Waals surface area contributed by atoms with Crippen LogP contribution in [0.4, 0.5) is 4.79 Å². The number of hydrogen-bond donors (Lipinski definition) is 2. The summed E-state index contributed by atoms with van der Waals surface area (Å²) in [6, 6.07) is 55.4. The number of esters is 2. The fourth-order valence-electron chi connectivity index (χ4n) is 9.18. The van der Waals surface area contributed by atoms with Gasteiger partial charge in [-0.25, -0.2) is 9.59 Å². The number of benzene rings is 6. The highest BCUT2D eigenvalue weighted by atomic mass is 16.6. The zero-order valence-corrected chi connectivity index (χ0v) is 45.8. The van der Waals surface area contributed by atoms with E-state index in [-0.39, 0.29) is 31.2 Å². The molecule has 2 N–H and O–H groups in total. The molecule has 12 nitrogen and oxygen atoms in total. The van der Waals surface area contributed by atoms with E-state index in [9.17, 15) is 19.5 Å². The van der Waals surface area contributed by atoms with Crippen molar-refractivity contribution in [3.8, 4) is 11.1 Å². The van der Waals surface area contributed by atoms with Crippen LogP contribution in [0.1, 0.15) is 120 Å². The molecule has 1 saturated heterocycles. The maximum atomic E-state index is 12.5. The molecule has 0 spiro atoms. The van der Waals surface area contributed by atoms with Crippen LogP contribution in [0.3, 0.4) is 0 Å². The van der Waals surface area contributed by atoms with E-state index in [1.807, 2.05) is 93.6 Å². The van der Waals surface area contributed by atoms with Crippen LogP contribution in [0.15, 0.2) is 185 Å². The van der Waals surface area contributed by atoms with Crippen LogP contribution < -0.4 is 5.32 Å². The van der Waals surface area contributed by atoms with E-state index < -0.39 is 40.9 Å². The van der Waals surface area contributed by atoms with Gasteiger partial charge in [0, 0.05) is 30.5 Å². The van der Waals surface area contributed by atoms with Crippen molar-refractivity contribution >= 4 is 36.3 Å². The summed E-state index contributed by atoms with van der Waals surface area (Å²) >= 11 is 0. The molecule has 0 aromatic heterocycles. The summed E-state index contributed by atoms with van der Waals surface area (Å²) in [5.74, 6) is 0.551. The molecule has 0 saturated carbocycles. The van der Waals surface area contributed by atoms with E-state index >= 15 is 0 Å². The molecule has 1 heterocycles. The molecule has 1 fully saturated rings. The molecule has 5 atom stereocenters. The number of aliphatic imine (C=N–C) groups is 3. The average Bonchev–Trinajstić information content (AvgIpc) is 3.88. The molecule has 6 aromatic carbocycles. The predicted molar refractivity (Wildman–Crippen MR) is 305 cm³/mol. The van der Waals surface area contributed by atoms with Crippen molar-refractivity contribution in [2.45, 2.75) is 122 Å². The van der Waals surface area contributed by atoms with Gasteiger partial charge in [-0.3, -0.25) is 19.8 Å². The molecular formula is C64H75N5O7. The third-order valence-electron chi connectivity index (χ3n) is 12.3. The van der Waals surface area contributed by atoms with E-state index in [0.717, 1.165) is 35.5 Å². The van der Waals surface area contributed by atoms with Gasteiger partial charge in [0.25, 0.3) is 0 Å². The molecular weight excluding hydrogens is 951 g/mol. The molecule has 2 aliphatic rings. The van der Waals surface area contributed by atoms with Crippen LogP contribution in [0.2, 0.25) is 0 Å². The molecule has 1 aliphatic heterocycles. The second kappa shape index (κ2) is 26.2. The quantitative estimate of drug-likeness (QED) is 0.0658. The van der Waals surface area contributed by atoms with E-state index in [1.54, 1.807) is 53.7 Å². The number of carbonyl (C=O) groups is 3. The first kappa shape index (κ1) is 57.6. The normalized spacial score (nSPS) is 16.5. The van der Waals surface area contributed by atoms with Crippen molar-refractivity contribution in [2.75, 3.05) is 20.2 Å². The Morgan fingerprint density at radius 2 is 1.09 bits per heavy atom. The Bertz CT molecular complexity index is 2860. The molecule has 398 valence electrons. The number of alkyl carbamates (subject to hydrolysis) is 1. The maximum Gasteiger partial charge on any atom is 0.408 e. The summed E-state index contributed by atoms with van der Waals surface area (Å²) in [6.45, 7) is 19.8. The molecule has 8 rings (SSSR count). The topological polar surface area (TPSA) is 151 Å². The minimum Gasteiger partial charge on any atom is -0.459 e. The SMILES string of the molecule is C=NC(C(=O)OC(C)(C)C)C(NC(=O)OC(C)(C)C)c1ccccc1.CC(C)(C)OC(=O)CN=C1c2ccccc2-c2ccccc21.CN1C(=N[C@H](CO)Cc2ccccc2)C[C@@H](c2ccccc2)[C@@H]1c1ccccc1. The highest BCUT2D eigenvalue weighted by molar-refractivity contribution is 6.24. The Kier molecular flexibility index (Phi) is 19.8. The van der Waals surface area contributed by atoms with Gasteiger partial charge < -0.3 is 29.5 Å². The number of nitrogens with one attached hydrogen (secondary N) is 1. The Labute approximate surface area is 450 Å². The lowest BCUT2D eigenvalue weighted by Crippen LogP contribution is -2.43. The number of likely N-dealkylation sites (tertiary alicyclic amines) is 1. The van der Waals surface area contributed by atoms with Crippen molar-refractivity contribution in [2.24, 2.45) is 15.0 Å². The second-order valence-electron chi connectivity index (χ2n) is 21.8. The average molecular weight is 1030 g/mol. The minimum atomic E-state index is -0.992. The van der Waals surface area contributed by atoms with Gasteiger partial charge in [0.1, 0.15) is 29.2 Å². The number of nitrogens with zero attached hydrogens (tertiary/aromatic N) is 4. The van der Waals surface area contributed by atoms with Gasteiger partial charge >= 0.3 is 18.0 Å². The number of hydrogen-bond acceptors (Lipinski definition) is 10. The van der Waals surface area contributed by atoms with Crippen molar-refractivity contribution in [3.63, 3.8) is 0 Å². The van der Waals surface area contributed by atoms with E-state index in [2.05, 4.69) is 119 Å². The number of fused-ring (bicyclic) bond motifs is 3. The predicted octanol–water partition coefficient (Wildman–Crippen LogP) is 12.4. The number of ether oxygens (including phenoxy) is 3. The van der Waals surface area contributed by atoms with E-state index in [1.165, 1.54) is 27.8 Å². The third kappa shape index (κ3) is 16.7. The van der Waals surface area contributed by atoms with Gasteiger partial charge in [0.15, 0.2) is 6.04 Å². The Morgan fingerprint density at radius 3 is 1.58 bits per heavy atom. The van der Waals surface area contributed by atoms with Gasteiger partial charge in [0.2, 0.25) is 0 Å². The number of aliphatic hydroxyl groups excluding tert-OH is 1. The fraction of sp³-hybridized carbons (Fsp3) is 0.344. The van der Waals surface area contributed by atoms with Crippen LogP contribution in [0.5, 0.6) is 0 Å². The van der Waals surface area contributed by atoms with Gasteiger partial charge in [-0.15, -0.1) is 0 Å². The number of amidine groups is 1. The number of carbonyl (C=O) groups excluding carboxylic acids is 3. The molecule has 2 unspecified atom stereocenters. The van der Waals surface area contributed by atoms with Crippen LogP contribution in [-0.4, -0.2) is 95.4 Å². The third-order valence-corrected chi connectivity index (χ3v) is 12.3. The molecule has 76 heavy (non-hydrogen) atoms. The molecule has 12 heteroatoms. The lowest BCUT2D eigenvalue weighted by atomic mass is 9.87. The van der Waals surface area contributed by atoms with Crippen molar-refractivity contribution < 1.29 is 33.7 Å². The first-order valence-electron chi connectivity index (χ1n) is 25.9. The number of amides is 1. The largest absolute Gasteiger partial charge is 0.459 e. The molecule has 0 radical (unpaired) electrons. The minimum absolute atomic E-state index is 0.0370. The maximum absolute atomic E-state index is 12.5. The summed E-state index contributed by atoms with van der Waals surface area (Å²) in [7, 11) is 2.14. The molecule has 6 aromatic rings. The highest BCUT2D eigenvalue weighted by Gasteiger charge is 2.39. The first-order chi connectivity index (χ1) is 36.1. The molecule has 0 bridgehead atoms. The van der Waals surface area contributed by atoms with Gasteiger partial charge in [-0.2, -0.15) is 0 Å². The Hall–Kier alpha value is -7.70. The summed E-state index contributed by atoms with van der Waals surface area (Å²) in [4.78, 5) is 52.4. The lowest BCUT2D eigenvalue weighted by Gasteiger charge is -2.28. The summed E-state index contributed by atoms with van der Waals surface area (Å²) in [6.07, 6.45) is 0.991. The monoisotopic (exact) mass is 1030 g/mol. The van der Waals surface area contributed by atoms with Gasteiger partial charge in [-0.05, 0) is 109 Å². The first-order valence-corrected chi connectivity index (χ1v) is 25.9. The smallest absolute Gasteiger partial charge is 0.408 e.